The zero-order chi connectivity index (χ0) is 16.7. The van der Waals surface area contributed by atoms with E-state index in [-0.39, 0.29) is 5.78 Å². The molecule has 0 atom stereocenters. The molecule has 0 radical (unpaired) electrons. The molecule has 24 heavy (non-hydrogen) atoms. The average molecular weight is 311 g/mol. The predicted octanol–water partition coefficient (Wildman–Crippen LogP) is 5.24. The molecule has 4 aromatic rings. The fraction of sp³-hybridized carbons (Fsp3) is 0.0909. The van der Waals surface area contributed by atoms with Gasteiger partial charge in [-0.25, -0.2) is 4.98 Å². The number of carbonyl (C=O) groups is 1. The minimum atomic E-state index is -0.0336. The summed E-state index contributed by atoms with van der Waals surface area (Å²) in [6.07, 6.45) is 0. The van der Waals surface area contributed by atoms with Gasteiger partial charge < -0.3 is 0 Å². The van der Waals surface area contributed by atoms with Gasteiger partial charge in [-0.2, -0.15) is 0 Å². The van der Waals surface area contributed by atoms with Crippen LogP contribution in [0, 0.1) is 13.8 Å². The van der Waals surface area contributed by atoms with Crippen LogP contribution in [-0.2, 0) is 0 Å². The summed E-state index contributed by atoms with van der Waals surface area (Å²) in [5.74, 6) is -0.0336. The summed E-state index contributed by atoms with van der Waals surface area (Å²) < 4.78 is 0. The third kappa shape index (κ3) is 2.37. The zero-order valence-corrected chi connectivity index (χ0v) is 13.7. The van der Waals surface area contributed by atoms with Crippen LogP contribution in [0.25, 0.3) is 21.7 Å². The second-order valence-corrected chi connectivity index (χ2v) is 6.23. The van der Waals surface area contributed by atoms with Crippen LogP contribution in [-0.4, -0.2) is 10.8 Å². The molecule has 2 heteroatoms. The molecule has 4 rings (SSSR count). The van der Waals surface area contributed by atoms with Crippen molar-refractivity contribution in [2.75, 3.05) is 0 Å². The van der Waals surface area contributed by atoms with Crippen molar-refractivity contribution in [1.29, 1.82) is 0 Å². The monoisotopic (exact) mass is 311 g/mol. The van der Waals surface area contributed by atoms with Crippen LogP contribution in [0.4, 0.5) is 0 Å². The molecule has 0 N–H and O–H groups in total. The molecule has 0 saturated heterocycles. The van der Waals surface area contributed by atoms with E-state index in [1.54, 1.807) is 0 Å². The van der Waals surface area contributed by atoms with Gasteiger partial charge in [0.2, 0.25) is 5.78 Å². The number of carbonyl (C=O) groups excluding carboxylic acids is 1. The van der Waals surface area contributed by atoms with Gasteiger partial charge in [-0.1, -0.05) is 59.7 Å². The maximum absolute atomic E-state index is 13.0. The fourth-order valence-corrected chi connectivity index (χ4v) is 3.13. The first-order valence-electron chi connectivity index (χ1n) is 8.04. The van der Waals surface area contributed by atoms with Gasteiger partial charge in [-0.05, 0) is 37.4 Å². The number of aryl methyl sites for hydroxylation is 2. The highest BCUT2D eigenvalue weighted by atomic mass is 16.1. The first-order chi connectivity index (χ1) is 11.6. The Morgan fingerprint density at radius 1 is 0.750 bits per heavy atom. The van der Waals surface area contributed by atoms with Gasteiger partial charge in [0, 0.05) is 16.3 Å². The van der Waals surface area contributed by atoms with Crippen molar-refractivity contribution in [1.82, 2.24) is 4.98 Å². The molecule has 2 nitrogen and oxygen atoms in total. The van der Waals surface area contributed by atoms with E-state index in [1.165, 1.54) is 5.56 Å². The van der Waals surface area contributed by atoms with E-state index >= 15 is 0 Å². The third-order valence-corrected chi connectivity index (χ3v) is 4.36. The van der Waals surface area contributed by atoms with Crippen LogP contribution in [0.3, 0.4) is 0 Å². The highest BCUT2D eigenvalue weighted by Crippen LogP contribution is 2.29. The van der Waals surface area contributed by atoms with E-state index in [1.807, 2.05) is 49.4 Å². The van der Waals surface area contributed by atoms with E-state index in [0.29, 0.717) is 11.3 Å². The molecular weight excluding hydrogens is 294 g/mol. The lowest BCUT2D eigenvalue weighted by Gasteiger charge is -2.10. The molecule has 1 aromatic heterocycles. The van der Waals surface area contributed by atoms with Crippen molar-refractivity contribution in [2.24, 2.45) is 0 Å². The van der Waals surface area contributed by atoms with Crippen molar-refractivity contribution in [3.63, 3.8) is 0 Å². The highest BCUT2D eigenvalue weighted by molar-refractivity contribution is 6.19. The van der Waals surface area contributed by atoms with Gasteiger partial charge in [0.1, 0.15) is 5.69 Å². The summed E-state index contributed by atoms with van der Waals surface area (Å²) in [6, 6.07) is 21.7. The Balaban J connectivity index is 2.08. The summed E-state index contributed by atoms with van der Waals surface area (Å²) in [5, 5.41) is 3.09. The van der Waals surface area contributed by atoms with E-state index in [4.69, 9.17) is 4.98 Å². The standard InChI is InChI=1S/C22H17NO/c1-14-8-10-17-18-12-15(2)9-11-20(18)23-21(19(17)13-14)22(24)16-6-4-3-5-7-16/h3-13H,1-2H3. The minimum absolute atomic E-state index is 0.0336. The molecule has 0 saturated carbocycles. The molecule has 0 unspecified atom stereocenters. The smallest absolute Gasteiger partial charge is 0.212 e. The first-order valence-corrected chi connectivity index (χ1v) is 8.04. The number of pyridine rings is 1. The summed E-state index contributed by atoms with van der Waals surface area (Å²) in [7, 11) is 0. The maximum Gasteiger partial charge on any atom is 0.212 e. The van der Waals surface area contributed by atoms with Crippen LogP contribution in [0.5, 0.6) is 0 Å². The molecule has 0 fully saturated rings. The number of hydrogen-bond donors (Lipinski definition) is 0. The molecule has 0 aliphatic carbocycles. The highest BCUT2D eigenvalue weighted by Gasteiger charge is 2.16. The Bertz CT molecular complexity index is 1080. The Morgan fingerprint density at radius 3 is 2.17 bits per heavy atom. The molecule has 3 aromatic carbocycles. The predicted molar refractivity (Wildman–Crippen MR) is 98.6 cm³/mol. The summed E-state index contributed by atoms with van der Waals surface area (Å²) in [4.78, 5) is 17.7. The SMILES string of the molecule is Cc1ccc2c(c1)c(C(=O)c1ccccc1)nc1ccc(C)cc12. The second-order valence-electron chi connectivity index (χ2n) is 6.23. The first kappa shape index (κ1) is 14.6. The van der Waals surface area contributed by atoms with Crippen molar-refractivity contribution < 1.29 is 4.79 Å². The van der Waals surface area contributed by atoms with Crippen LogP contribution in [0.2, 0.25) is 0 Å². The lowest BCUT2D eigenvalue weighted by Crippen LogP contribution is -2.05. The molecule has 0 amide bonds. The Labute approximate surface area is 140 Å². The van der Waals surface area contributed by atoms with Crippen LogP contribution in [0.15, 0.2) is 66.7 Å². The van der Waals surface area contributed by atoms with Crippen molar-refractivity contribution in [3.8, 4) is 0 Å². The number of benzene rings is 3. The Kier molecular flexibility index (Phi) is 3.39. The molecule has 116 valence electrons. The second kappa shape index (κ2) is 5.57. The van der Waals surface area contributed by atoms with Gasteiger partial charge in [-0.3, -0.25) is 4.79 Å². The Hall–Kier alpha value is -3.00. The maximum atomic E-state index is 13.0. The third-order valence-electron chi connectivity index (χ3n) is 4.36. The summed E-state index contributed by atoms with van der Waals surface area (Å²) >= 11 is 0. The molecule has 0 spiro atoms. The lowest BCUT2D eigenvalue weighted by molar-refractivity contribution is 0.103. The minimum Gasteiger partial charge on any atom is -0.287 e. The van der Waals surface area contributed by atoms with Gasteiger partial charge >= 0.3 is 0 Å². The zero-order valence-electron chi connectivity index (χ0n) is 13.7. The number of aromatic nitrogens is 1. The van der Waals surface area contributed by atoms with Gasteiger partial charge in [0.25, 0.3) is 0 Å². The average Bonchev–Trinajstić information content (AvgIpc) is 2.61. The fourth-order valence-electron chi connectivity index (χ4n) is 3.13. The molecule has 0 bridgehead atoms. The summed E-state index contributed by atoms with van der Waals surface area (Å²) in [6.45, 7) is 4.11. The summed E-state index contributed by atoms with van der Waals surface area (Å²) in [5.41, 5.74) is 4.36. The Morgan fingerprint density at radius 2 is 1.42 bits per heavy atom. The van der Waals surface area contributed by atoms with Crippen LogP contribution < -0.4 is 0 Å². The number of rotatable bonds is 2. The van der Waals surface area contributed by atoms with Gasteiger partial charge in [0.05, 0.1) is 5.52 Å². The van der Waals surface area contributed by atoms with Crippen molar-refractivity contribution >= 4 is 27.5 Å². The molecule has 0 aliphatic rings. The quantitative estimate of drug-likeness (QED) is 0.374. The molecular formula is C22H17NO. The largest absolute Gasteiger partial charge is 0.287 e. The van der Waals surface area contributed by atoms with Crippen LogP contribution in [0.1, 0.15) is 27.2 Å². The lowest BCUT2D eigenvalue weighted by atomic mass is 9.97. The number of hydrogen-bond acceptors (Lipinski definition) is 2. The van der Waals surface area contributed by atoms with E-state index in [2.05, 4.69) is 31.2 Å². The number of fused-ring (bicyclic) bond motifs is 3. The van der Waals surface area contributed by atoms with Crippen molar-refractivity contribution in [2.45, 2.75) is 13.8 Å². The van der Waals surface area contributed by atoms with Crippen molar-refractivity contribution in [3.05, 3.63) is 89.1 Å². The van der Waals surface area contributed by atoms with Gasteiger partial charge in [0.15, 0.2) is 0 Å². The number of nitrogens with zero attached hydrogens (tertiary/aromatic N) is 1. The molecule has 1 heterocycles. The van der Waals surface area contributed by atoms with Gasteiger partial charge in [-0.15, -0.1) is 0 Å². The number of ketones is 1. The van der Waals surface area contributed by atoms with Crippen LogP contribution >= 0.6 is 0 Å². The normalized spacial score (nSPS) is 11.1. The van der Waals surface area contributed by atoms with E-state index in [9.17, 15) is 4.79 Å². The topological polar surface area (TPSA) is 30.0 Å². The molecule has 0 aliphatic heterocycles. The van der Waals surface area contributed by atoms with E-state index < -0.39 is 0 Å². The van der Waals surface area contributed by atoms with E-state index in [0.717, 1.165) is 27.2 Å².